The Bertz CT molecular complexity index is 745. The molecule has 0 heteroatoms. The van der Waals surface area contributed by atoms with Crippen molar-refractivity contribution in [1.29, 1.82) is 0 Å². The second kappa shape index (κ2) is 4.49. The van der Waals surface area contributed by atoms with Crippen LogP contribution in [0, 0.1) is 0 Å². The first-order valence-corrected chi connectivity index (χ1v) is 7.47. The van der Waals surface area contributed by atoms with Gasteiger partial charge in [-0.15, -0.1) is 0 Å². The zero-order chi connectivity index (χ0) is 13.5. The smallest absolute Gasteiger partial charge is 0.000740 e. The second-order valence-corrected chi connectivity index (χ2v) is 5.68. The van der Waals surface area contributed by atoms with Gasteiger partial charge in [-0.3, -0.25) is 0 Å². The van der Waals surface area contributed by atoms with Crippen LogP contribution in [-0.2, 0) is 12.8 Å². The molecule has 0 saturated carbocycles. The molecule has 0 heterocycles. The number of aryl methyl sites for hydroxylation is 1. The summed E-state index contributed by atoms with van der Waals surface area (Å²) >= 11 is 0. The van der Waals surface area contributed by atoms with Crippen molar-refractivity contribution < 1.29 is 0 Å². The van der Waals surface area contributed by atoms with E-state index in [2.05, 4.69) is 61.5 Å². The molecular weight excluding hydrogens is 240 g/mol. The molecule has 0 nitrogen and oxygen atoms in total. The van der Waals surface area contributed by atoms with Gasteiger partial charge in [-0.25, -0.2) is 0 Å². The Balaban J connectivity index is 1.95. The zero-order valence-electron chi connectivity index (χ0n) is 11.8. The fraction of sp³-hybridized carbons (Fsp3) is 0.200. The summed E-state index contributed by atoms with van der Waals surface area (Å²) in [6, 6.07) is 13.7. The third kappa shape index (κ3) is 1.68. The first-order chi connectivity index (χ1) is 9.86. The average Bonchev–Trinajstić information content (AvgIpc) is 3.13. The van der Waals surface area contributed by atoms with Crippen LogP contribution in [0.15, 0.2) is 54.6 Å². The second-order valence-electron chi connectivity index (χ2n) is 5.68. The van der Waals surface area contributed by atoms with E-state index in [0.717, 1.165) is 19.3 Å². The molecule has 0 N–H and O–H groups in total. The van der Waals surface area contributed by atoms with Gasteiger partial charge in [0.25, 0.3) is 0 Å². The molecule has 0 bridgehead atoms. The van der Waals surface area contributed by atoms with Crippen molar-refractivity contribution in [3.05, 3.63) is 76.9 Å². The minimum atomic E-state index is 1.08. The molecule has 98 valence electrons. The van der Waals surface area contributed by atoms with Gasteiger partial charge in [0, 0.05) is 0 Å². The number of allylic oxidation sites excluding steroid dienone is 4. The van der Waals surface area contributed by atoms with Gasteiger partial charge in [0.15, 0.2) is 0 Å². The minimum absolute atomic E-state index is 1.08. The third-order valence-corrected chi connectivity index (χ3v) is 4.51. The molecule has 0 unspecified atom stereocenters. The van der Waals surface area contributed by atoms with Crippen LogP contribution in [0.1, 0.15) is 35.6 Å². The molecular formula is C20H18. The van der Waals surface area contributed by atoms with E-state index in [1.165, 1.54) is 39.0 Å². The van der Waals surface area contributed by atoms with E-state index in [4.69, 9.17) is 0 Å². The Labute approximate surface area is 120 Å². The lowest BCUT2D eigenvalue weighted by molar-refractivity contribution is 1.13. The van der Waals surface area contributed by atoms with E-state index in [1.807, 2.05) is 0 Å². The summed E-state index contributed by atoms with van der Waals surface area (Å²) in [5.41, 5.74) is 10.3. The maximum atomic E-state index is 2.41. The molecule has 20 heavy (non-hydrogen) atoms. The fourth-order valence-electron chi connectivity index (χ4n) is 3.43. The summed E-state index contributed by atoms with van der Waals surface area (Å²) in [6.07, 6.45) is 9.98. The predicted molar refractivity (Wildman–Crippen MR) is 85.8 cm³/mol. The minimum Gasteiger partial charge on any atom is -0.0801 e. The van der Waals surface area contributed by atoms with Gasteiger partial charge in [0.2, 0.25) is 0 Å². The highest BCUT2D eigenvalue weighted by molar-refractivity contribution is 5.85. The maximum absolute atomic E-state index is 2.41. The number of benzene rings is 2. The highest BCUT2D eigenvalue weighted by Crippen LogP contribution is 2.42. The largest absolute Gasteiger partial charge is 0.0801 e. The van der Waals surface area contributed by atoms with Crippen molar-refractivity contribution in [1.82, 2.24) is 0 Å². The van der Waals surface area contributed by atoms with E-state index in [1.54, 1.807) is 0 Å². The number of hydrogen-bond donors (Lipinski definition) is 0. The lowest BCUT2D eigenvalue weighted by Crippen LogP contribution is -1.94. The molecule has 0 aliphatic heterocycles. The summed E-state index contributed by atoms with van der Waals surface area (Å²) in [5, 5.41) is 0. The van der Waals surface area contributed by atoms with Gasteiger partial charge in [0.1, 0.15) is 0 Å². The summed E-state index contributed by atoms with van der Waals surface area (Å²) in [4.78, 5) is 0. The topological polar surface area (TPSA) is 0 Å². The Morgan fingerprint density at radius 3 is 2.65 bits per heavy atom. The molecule has 0 aromatic heterocycles. The molecule has 0 saturated heterocycles. The molecule has 0 spiro atoms. The molecule has 2 aromatic rings. The Morgan fingerprint density at radius 1 is 1.00 bits per heavy atom. The molecule has 0 atom stereocenters. The highest BCUT2D eigenvalue weighted by atomic mass is 14.3. The molecule has 2 aromatic carbocycles. The van der Waals surface area contributed by atoms with Crippen molar-refractivity contribution in [2.75, 3.05) is 0 Å². The van der Waals surface area contributed by atoms with Crippen molar-refractivity contribution in [2.24, 2.45) is 0 Å². The molecule has 2 aliphatic rings. The summed E-state index contributed by atoms with van der Waals surface area (Å²) in [5.74, 6) is 0. The lowest BCUT2D eigenvalue weighted by atomic mass is 9.92. The van der Waals surface area contributed by atoms with Crippen LogP contribution in [0.2, 0.25) is 0 Å². The van der Waals surface area contributed by atoms with Crippen LogP contribution in [0.25, 0.3) is 16.7 Å². The SMILES string of the molecule is CCc1cc(C2=CC=CC2)c2c(c1)-c1ccccc1C2. The van der Waals surface area contributed by atoms with Crippen LogP contribution < -0.4 is 0 Å². The Kier molecular flexibility index (Phi) is 2.63. The van der Waals surface area contributed by atoms with Crippen LogP contribution in [0.3, 0.4) is 0 Å². The number of fused-ring (bicyclic) bond motifs is 3. The van der Waals surface area contributed by atoms with E-state index in [-0.39, 0.29) is 0 Å². The molecule has 0 fully saturated rings. The fourth-order valence-corrected chi connectivity index (χ4v) is 3.43. The van der Waals surface area contributed by atoms with Gasteiger partial charge in [0.05, 0.1) is 0 Å². The monoisotopic (exact) mass is 258 g/mol. The normalized spacial score (nSPS) is 15.2. The quantitative estimate of drug-likeness (QED) is 0.595. The van der Waals surface area contributed by atoms with Crippen LogP contribution in [0.5, 0.6) is 0 Å². The van der Waals surface area contributed by atoms with Gasteiger partial charge in [-0.05, 0) is 58.2 Å². The molecule has 0 amide bonds. The standard InChI is InChI=1S/C20H18/c1-2-14-11-18(15-7-3-4-8-15)20-13-16-9-5-6-10-17(16)19(20)12-14/h3-7,9-12H,2,8,13H2,1H3. The third-order valence-electron chi connectivity index (χ3n) is 4.51. The highest BCUT2D eigenvalue weighted by Gasteiger charge is 2.22. The van der Waals surface area contributed by atoms with E-state index in [0.29, 0.717) is 0 Å². The van der Waals surface area contributed by atoms with Gasteiger partial charge in [-0.2, -0.15) is 0 Å². The predicted octanol–water partition coefficient (Wildman–Crippen LogP) is 5.16. The van der Waals surface area contributed by atoms with Crippen molar-refractivity contribution in [3.63, 3.8) is 0 Å². The van der Waals surface area contributed by atoms with Gasteiger partial charge >= 0.3 is 0 Å². The van der Waals surface area contributed by atoms with Crippen LogP contribution in [0.4, 0.5) is 0 Å². The van der Waals surface area contributed by atoms with Crippen molar-refractivity contribution in [3.8, 4) is 11.1 Å². The van der Waals surface area contributed by atoms with Crippen LogP contribution in [-0.4, -0.2) is 0 Å². The zero-order valence-corrected chi connectivity index (χ0v) is 11.8. The summed E-state index contributed by atoms with van der Waals surface area (Å²) in [6.45, 7) is 2.24. The number of hydrogen-bond acceptors (Lipinski definition) is 0. The van der Waals surface area contributed by atoms with Crippen molar-refractivity contribution in [2.45, 2.75) is 26.2 Å². The van der Waals surface area contributed by atoms with E-state index < -0.39 is 0 Å². The number of rotatable bonds is 2. The first-order valence-electron chi connectivity index (χ1n) is 7.47. The molecule has 4 rings (SSSR count). The average molecular weight is 258 g/mol. The maximum Gasteiger partial charge on any atom is -0.000740 e. The van der Waals surface area contributed by atoms with Gasteiger partial charge in [-0.1, -0.05) is 61.5 Å². The van der Waals surface area contributed by atoms with Crippen molar-refractivity contribution >= 4 is 5.57 Å². The Hall–Kier alpha value is -2.08. The lowest BCUT2D eigenvalue weighted by Gasteiger charge is -2.12. The summed E-state index contributed by atoms with van der Waals surface area (Å²) < 4.78 is 0. The molecule has 0 radical (unpaired) electrons. The van der Waals surface area contributed by atoms with Gasteiger partial charge < -0.3 is 0 Å². The summed E-state index contributed by atoms with van der Waals surface area (Å²) in [7, 11) is 0. The van der Waals surface area contributed by atoms with E-state index in [9.17, 15) is 0 Å². The van der Waals surface area contributed by atoms with E-state index >= 15 is 0 Å². The first kappa shape index (κ1) is 11.7. The Morgan fingerprint density at radius 2 is 1.85 bits per heavy atom. The molecule has 2 aliphatic carbocycles. The van der Waals surface area contributed by atoms with Crippen LogP contribution >= 0.6 is 0 Å².